The van der Waals surface area contributed by atoms with E-state index in [2.05, 4.69) is 24.3 Å². The van der Waals surface area contributed by atoms with Crippen LogP contribution in [0.4, 0.5) is 0 Å². The van der Waals surface area contributed by atoms with Gasteiger partial charge in [-0.3, -0.25) is 0 Å². The molecule has 0 saturated heterocycles. The van der Waals surface area contributed by atoms with Gasteiger partial charge in [0, 0.05) is 6.42 Å². The molecule has 0 aromatic heterocycles. The Balaban J connectivity index is 0.000000183. The van der Waals surface area contributed by atoms with E-state index in [1.165, 1.54) is 11.1 Å². The number of hydrogen-bond donors (Lipinski definition) is 0. The first-order chi connectivity index (χ1) is 4.88. The Morgan fingerprint density at radius 2 is 1.45 bits per heavy atom. The Labute approximate surface area is 83.8 Å². The SMILES string of the molecule is CCC=O.I.c1cc2ccc1-2. The fraction of sp³-hybridized carbons (Fsp3) is 0.222. The molecule has 0 fully saturated rings. The summed E-state index contributed by atoms with van der Waals surface area (Å²) in [5.41, 5.74) is 2.85. The molecule has 2 rings (SSSR count). The zero-order valence-corrected chi connectivity index (χ0v) is 8.74. The predicted molar refractivity (Wildman–Crippen MR) is 57.2 cm³/mol. The van der Waals surface area contributed by atoms with Crippen molar-refractivity contribution in [3.05, 3.63) is 24.3 Å². The Morgan fingerprint density at radius 3 is 1.45 bits per heavy atom. The summed E-state index contributed by atoms with van der Waals surface area (Å²) in [6.07, 6.45) is 1.51. The van der Waals surface area contributed by atoms with Crippen molar-refractivity contribution in [3.8, 4) is 11.1 Å². The zero-order chi connectivity index (χ0) is 7.40. The van der Waals surface area contributed by atoms with Crippen molar-refractivity contribution in [2.75, 3.05) is 0 Å². The second-order valence-electron chi connectivity index (χ2n) is 2.15. The number of carbonyl (C=O) groups is 1. The molecule has 11 heavy (non-hydrogen) atoms. The summed E-state index contributed by atoms with van der Waals surface area (Å²) in [6.45, 7) is 1.81. The van der Waals surface area contributed by atoms with E-state index in [1.807, 2.05) is 6.92 Å². The van der Waals surface area contributed by atoms with E-state index in [1.54, 1.807) is 0 Å². The zero-order valence-electron chi connectivity index (χ0n) is 6.41. The largest absolute Gasteiger partial charge is 0.303 e. The van der Waals surface area contributed by atoms with E-state index in [-0.39, 0.29) is 24.0 Å². The summed E-state index contributed by atoms with van der Waals surface area (Å²) in [5, 5.41) is 0. The van der Waals surface area contributed by atoms with Gasteiger partial charge in [-0.15, -0.1) is 24.0 Å². The number of hydrogen-bond acceptors (Lipinski definition) is 1. The maximum atomic E-state index is 9.17. The van der Waals surface area contributed by atoms with Crippen LogP contribution in [0.3, 0.4) is 0 Å². The summed E-state index contributed by atoms with van der Waals surface area (Å²) >= 11 is 0. The van der Waals surface area contributed by atoms with Crippen molar-refractivity contribution in [2.24, 2.45) is 0 Å². The van der Waals surface area contributed by atoms with E-state index in [0.29, 0.717) is 6.42 Å². The average Bonchev–Trinajstić information content (AvgIpc) is 1.97. The molecule has 0 radical (unpaired) electrons. The lowest BCUT2D eigenvalue weighted by Crippen LogP contribution is -1.85. The maximum absolute atomic E-state index is 9.17. The minimum absolute atomic E-state index is 0. The molecule has 0 unspecified atom stereocenters. The number of fused-ring (bicyclic) bond motifs is 1. The molecule has 0 aromatic carbocycles. The number of rotatable bonds is 1. The smallest absolute Gasteiger partial charge is 0.119 e. The molecule has 0 N–H and O–H groups in total. The summed E-state index contributed by atoms with van der Waals surface area (Å²) in [7, 11) is 0. The highest BCUT2D eigenvalue weighted by atomic mass is 127. The number of aldehydes is 1. The van der Waals surface area contributed by atoms with E-state index in [4.69, 9.17) is 0 Å². The topological polar surface area (TPSA) is 17.1 Å². The van der Waals surface area contributed by atoms with Crippen LogP contribution >= 0.6 is 24.0 Å². The van der Waals surface area contributed by atoms with Crippen LogP contribution in [0.2, 0.25) is 0 Å². The fourth-order valence-corrected chi connectivity index (χ4v) is 0.663. The lowest BCUT2D eigenvalue weighted by atomic mass is 9.95. The van der Waals surface area contributed by atoms with Crippen LogP contribution in [0.15, 0.2) is 24.3 Å². The first kappa shape index (κ1) is 10.6. The number of carbonyl (C=O) groups excluding carboxylic acids is 1. The lowest BCUT2D eigenvalue weighted by molar-refractivity contribution is -0.107. The Morgan fingerprint density at radius 1 is 1.18 bits per heavy atom. The van der Waals surface area contributed by atoms with Crippen molar-refractivity contribution in [1.82, 2.24) is 0 Å². The van der Waals surface area contributed by atoms with Gasteiger partial charge in [0.25, 0.3) is 0 Å². The van der Waals surface area contributed by atoms with Crippen molar-refractivity contribution >= 4 is 30.3 Å². The van der Waals surface area contributed by atoms with Gasteiger partial charge in [0.15, 0.2) is 0 Å². The van der Waals surface area contributed by atoms with Crippen LogP contribution in [0.1, 0.15) is 13.3 Å². The monoisotopic (exact) mass is 262 g/mol. The second kappa shape index (κ2) is 5.29. The molecule has 2 aliphatic rings. The van der Waals surface area contributed by atoms with Gasteiger partial charge in [-0.1, -0.05) is 31.2 Å². The predicted octanol–water partition coefficient (Wildman–Crippen LogP) is 2.88. The Kier molecular flexibility index (Phi) is 5.11. The van der Waals surface area contributed by atoms with E-state index in [0.717, 1.165) is 6.29 Å². The van der Waals surface area contributed by atoms with E-state index >= 15 is 0 Å². The van der Waals surface area contributed by atoms with Crippen LogP contribution in [0.25, 0.3) is 11.1 Å². The Bertz CT molecular complexity index is 195. The van der Waals surface area contributed by atoms with Gasteiger partial charge in [0.1, 0.15) is 6.29 Å². The molecule has 0 aliphatic heterocycles. The molecule has 60 valence electrons. The summed E-state index contributed by atoms with van der Waals surface area (Å²) in [5.74, 6) is 0. The Hall–Kier alpha value is -0.380. The molecular weight excluding hydrogens is 251 g/mol. The van der Waals surface area contributed by atoms with Crippen LogP contribution in [0.5, 0.6) is 0 Å². The molecule has 0 aromatic rings. The molecule has 0 saturated carbocycles. The third-order valence-corrected chi connectivity index (χ3v) is 1.38. The van der Waals surface area contributed by atoms with Crippen molar-refractivity contribution < 1.29 is 4.79 Å². The molecule has 0 bridgehead atoms. The standard InChI is InChI=1S/C6H4.C3H6O.HI/c1-2-6-4-3-5(1)6;1-2-3-4;/h1-4H;3H,2H2,1H3;1H. The van der Waals surface area contributed by atoms with Gasteiger partial charge in [-0.2, -0.15) is 0 Å². The van der Waals surface area contributed by atoms with E-state index in [9.17, 15) is 4.79 Å². The minimum Gasteiger partial charge on any atom is -0.303 e. The van der Waals surface area contributed by atoms with Crippen LogP contribution in [-0.2, 0) is 4.79 Å². The molecule has 0 atom stereocenters. The van der Waals surface area contributed by atoms with Gasteiger partial charge in [0.2, 0.25) is 0 Å². The first-order valence-corrected chi connectivity index (χ1v) is 3.42. The van der Waals surface area contributed by atoms with Gasteiger partial charge in [-0.25, -0.2) is 0 Å². The quantitative estimate of drug-likeness (QED) is 0.570. The van der Waals surface area contributed by atoms with Gasteiger partial charge >= 0.3 is 0 Å². The van der Waals surface area contributed by atoms with Gasteiger partial charge < -0.3 is 4.79 Å². The first-order valence-electron chi connectivity index (χ1n) is 3.42. The van der Waals surface area contributed by atoms with Crippen LogP contribution in [0, 0.1) is 0 Å². The summed E-state index contributed by atoms with van der Waals surface area (Å²) < 4.78 is 0. The molecule has 0 heterocycles. The molecule has 1 nitrogen and oxygen atoms in total. The molecule has 0 spiro atoms. The van der Waals surface area contributed by atoms with Crippen molar-refractivity contribution in [1.29, 1.82) is 0 Å². The fourth-order valence-electron chi connectivity index (χ4n) is 0.663. The van der Waals surface area contributed by atoms with Gasteiger partial charge in [-0.05, 0) is 11.1 Å². The van der Waals surface area contributed by atoms with Crippen LogP contribution in [-0.4, -0.2) is 6.29 Å². The highest BCUT2D eigenvalue weighted by Gasteiger charge is 2.03. The highest BCUT2D eigenvalue weighted by Crippen LogP contribution is 2.29. The number of halogens is 1. The average molecular weight is 262 g/mol. The summed E-state index contributed by atoms with van der Waals surface area (Å²) in [6, 6.07) is 8.48. The van der Waals surface area contributed by atoms with Crippen molar-refractivity contribution in [3.63, 3.8) is 0 Å². The third-order valence-electron chi connectivity index (χ3n) is 1.38. The summed E-state index contributed by atoms with van der Waals surface area (Å²) in [4.78, 5) is 9.17. The molecule has 2 heteroatoms. The maximum Gasteiger partial charge on any atom is 0.119 e. The molecular formula is C9H11IO. The van der Waals surface area contributed by atoms with Gasteiger partial charge in [0.05, 0.1) is 0 Å². The normalized spacial score (nSPS) is 8.45. The highest BCUT2D eigenvalue weighted by molar-refractivity contribution is 14.0. The minimum atomic E-state index is 0. The van der Waals surface area contributed by atoms with E-state index < -0.39 is 0 Å². The lowest BCUT2D eigenvalue weighted by Gasteiger charge is -2.10. The molecule has 2 aliphatic carbocycles. The van der Waals surface area contributed by atoms with Crippen molar-refractivity contribution in [2.45, 2.75) is 13.3 Å². The molecule has 0 amide bonds. The third kappa shape index (κ3) is 2.61. The van der Waals surface area contributed by atoms with Crippen LogP contribution < -0.4 is 0 Å². The second-order valence-corrected chi connectivity index (χ2v) is 2.15. The number of benzene rings is 1.